The molecule has 9 heteroatoms. The highest BCUT2D eigenvalue weighted by Crippen LogP contribution is 2.27. The van der Waals surface area contributed by atoms with Crippen LogP contribution in [0.3, 0.4) is 0 Å². The molecule has 2 unspecified atom stereocenters. The molecule has 2 N–H and O–H groups in total. The number of rotatable bonds is 5. The van der Waals surface area contributed by atoms with Gasteiger partial charge in [-0.2, -0.15) is 0 Å². The van der Waals surface area contributed by atoms with Crippen molar-refractivity contribution in [3.8, 4) is 11.4 Å². The van der Waals surface area contributed by atoms with Gasteiger partial charge in [0.1, 0.15) is 5.82 Å². The van der Waals surface area contributed by atoms with E-state index >= 15 is 0 Å². The Kier molecular flexibility index (Phi) is 5.33. The van der Waals surface area contributed by atoms with Crippen LogP contribution in [0, 0.1) is 0 Å². The maximum Gasteiger partial charge on any atom is 0.337 e. The van der Waals surface area contributed by atoms with E-state index in [1.54, 1.807) is 12.3 Å². The van der Waals surface area contributed by atoms with Crippen LogP contribution in [-0.2, 0) is 25.5 Å². The van der Waals surface area contributed by atoms with Gasteiger partial charge < -0.3 is 19.7 Å². The van der Waals surface area contributed by atoms with Crippen LogP contribution in [0.15, 0.2) is 30.5 Å². The van der Waals surface area contributed by atoms with Crippen molar-refractivity contribution >= 4 is 33.5 Å². The van der Waals surface area contributed by atoms with E-state index in [9.17, 15) is 14.1 Å². The number of H-pyrrole nitrogens is 1. The molecule has 1 fully saturated rings. The summed E-state index contributed by atoms with van der Waals surface area (Å²) in [6.45, 7) is 4.04. The molecule has 2 atom stereocenters. The fourth-order valence-corrected chi connectivity index (χ4v) is 4.19. The average molecular weight is 415 g/mol. The lowest BCUT2D eigenvalue weighted by Crippen LogP contribution is -2.44. The SMILES string of the molecule is CC1COCCN1c1cc(C[SH+](C)=O)nc(-c2ccc3[nH]cc(C(=O)O)c3c2)n1. The van der Waals surface area contributed by atoms with Crippen LogP contribution in [-0.4, -0.2) is 58.1 Å². The third kappa shape index (κ3) is 4.01. The summed E-state index contributed by atoms with van der Waals surface area (Å²) in [4.78, 5) is 26.0. The van der Waals surface area contributed by atoms with Crippen LogP contribution in [0.4, 0.5) is 5.82 Å². The second-order valence-electron chi connectivity index (χ2n) is 7.21. The van der Waals surface area contributed by atoms with E-state index in [1.165, 1.54) is 6.20 Å². The van der Waals surface area contributed by atoms with E-state index in [2.05, 4.69) is 21.8 Å². The Bertz CT molecular complexity index is 1100. The summed E-state index contributed by atoms with van der Waals surface area (Å²) in [5.74, 6) is 0.634. The van der Waals surface area contributed by atoms with Gasteiger partial charge in [-0.25, -0.2) is 14.8 Å². The molecule has 3 heterocycles. The molecule has 0 bridgehead atoms. The lowest BCUT2D eigenvalue weighted by molar-refractivity contribution is 0.0699. The summed E-state index contributed by atoms with van der Waals surface area (Å²) in [6, 6.07) is 7.53. The number of anilines is 1. The zero-order valence-corrected chi connectivity index (χ0v) is 17.1. The normalized spacial score (nSPS) is 18.1. The lowest BCUT2D eigenvalue weighted by Gasteiger charge is -2.34. The first-order chi connectivity index (χ1) is 13.9. The van der Waals surface area contributed by atoms with Crippen molar-refractivity contribution in [3.05, 3.63) is 41.7 Å². The second kappa shape index (κ2) is 7.92. The van der Waals surface area contributed by atoms with Gasteiger partial charge in [0, 0.05) is 35.3 Å². The number of benzene rings is 1. The van der Waals surface area contributed by atoms with E-state index in [4.69, 9.17) is 9.72 Å². The summed E-state index contributed by atoms with van der Waals surface area (Å²) in [7, 11) is -1.40. The largest absolute Gasteiger partial charge is 0.478 e. The van der Waals surface area contributed by atoms with Gasteiger partial charge in [-0.1, -0.05) is 0 Å². The highest BCUT2D eigenvalue weighted by atomic mass is 32.2. The smallest absolute Gasteiger partial charge is 0.337 e. The number of carboxylic acids is 1. The Hall–Kier alpha value is -2.78. The zero-order chi connectivity index (χ0) is 20.5. The van der Waals surface area contributed by atoms with E-state index in [-0.39, 0.29) is 11.6 Å². The van der Waals surface area contributed by atoms with Crippen LogP contribution >= 0.6 is 0 Å². The number of hydrogen-bond donors (Lipinski definition) is 2. The van der Waals surface area contributed by atoms with Crippen molar-refractivity contribution in [3.63, 3.8) is 0 Å². The van der Waals surface area contributed by atoms with Crippen molar-refractivity contribution in [1.82, 2.24) is 15.0 Å². The zero-order valence-electron chi connectivity index (χ0n) is 16.3. The van der Waals surface area contributed by atoms with E-state index in [0.717, 1.165) is 23.4 Å². The van der Waals surface area contributed by atoms with Crippen LogP contribution in [0.5, 0.6) is 0 Å². The molecule has 4 rings (SSSR count). The van der Waals surface area contributed by atoms with E-state index in [0.29, 0.717) is 35.9 Å². The number of nitrogens with one attached hydrogen (secondary N) is 1. The first-order valence-electron chi connectivity index (χ1n) is 9.38. The maximum absolute atomic E-state index is 11.9. The number of aromatic amines is 1. The van der Waals surface area contributed by atoms with Crippen molar-refractivity contribution in [1.29, 1.82) is 0 Å². The Morgan fingerprint density at radius 2 is 2.21 bits per heavy atom. The average Bonchev–Trinajstić information content (AvgIpc) is 3.11. The number of aromatic nitrogens is 3. The highest BCUT2D eigenvalue weighted by Gasteiger charge is 2.23. The minimum Gasteiger partial charge on any atom is -0.478 e. The van der Waals surface area contributed by atoms with Crippen molar-refractivity contribution in [2.45, 2.75) is 18.7 Å². The number of hydrogen-bond acceptors (Lipinski definition) is 6. The predicted octanol–water partition coefficient (Wildman–Crippen LogP) is 2.37. The Labute approximate surface area is 170 Å². The minimum atomic E-state index is -1.40. The van der Waals surface area contributed by atoms with Gasteiger partial charge in [0.15, 0.2) is 11.6 Å². The van der Waals surface area contributed by atoms with Gasteiger partial charge in [0.25, 0.3) is 0 Å². The molecule has 8 nitrogen and oxygen atoms in total. The van der Waals surface area contributed by atoms with Crippen molar-refractivity contribution in [2.24, 2.45) is 0 Å². The number of aromatic carboxylic acids is 1. The molecule has 152 valence electrons. The highest BCUT2D eigenvalue weighted by molar-refractivity contribution is 7.83. The molecule has 0 radical (unpaired) electrons. The van der Waals surface area contributed by atoms with Gasteiger partial charge in [0.2, 0.25) is 0 Å². The minimum absolute atomic E-state index is 0.167. The van der Waals surface area contributed by atoms with Gasteiger partial charge >= 0.3 is 5.97 Å². The number of carbonyl (C=O) groups is 1. The molecule has 1 aliphatic heterocycles. The van der Waals surface area contributed by atoms with Crippen LogP contribution < -0.4 is 4.90 Å². The molecule has 1 aromatic carbocycles. The quantitative estimate of drug-likeness (QED) is 0.486. The van der Waals surface area contributed by atoms with Gasteiger partial charge in [-0.15, -0.1) is 4.21 Å². The van der Waals surface area contributed by atoms with E-state index in [1.807, 2.05) is 18.2 Å². The summed E-state index contributed by atoms with van der Waals surface area (Å²) in [5.41, 5.74) is 2.37. The third-order valence-electron chi connectivity index (χ3n) is 4.98. The molecule has 0 spiro atoms. The standard InChI is InChI=1S/C20H22N4O4S/c1-12-10-28-6-5-24(12)18-8-14(11-29(2)27)22-19(23-18)13-3-4-17-15(7-13)16(9-21-17)20(25)26/h3-4,7-9,12,21H,5-6,10-11H2,1-2H3,(H,25,26)/p+1. The maximum atomic E-state index is 11.9. The topological polar surface area (TPSA) is 108 Å². The van der Waals surface area contributed by atoms with Crippen LogP contribution in [0.25, 0.3) is 22.3 Å². The molecular weight excluding hydrogens is 392 g/mol. The van der Waals surface area contributed by atoms with Gasteiger partial charge in [-0.05, 0) is 25.1 Å². The number of ether oxygens (including phenoxy) is 1. The summed E-state index contributed by atoms with van der Waals surface area (Å²) in [6.07, 6.45) is 3.16. The molecule has 1 aliphatic rings. The molecule has 2 aromatic heterocycles. The lowest BCUT2D eigenvalue weighted by atomic mass is 10.1. The summed E-state index contributed by atoms with van der Waals surface area (Å²) >= 11 is 0. The fraction of sp³-hybridized carbons (Fsp3) is 0.350. The first-order valence-corrected chi connectivity index (χ1v) is 11.3. The predicted molar refractivity (Wildman–Crippen MR) is 113 cm³/mol. The summed E-state index contributed by atoms with van der Waals surface area (Å²) in [5, 5.41) is 10.0. The number of fused-ring (bicyclic) bond motifs is 1. The van der Waals surface area contributed by atoms with Gasteiger partial charge in [-0.3, -0.25) is 0 Å². The fourth-order valence-electron chi connectivity index (χ4n) is 3.57. The van der Waals surface area contributed by atoms with Gasteiger partial charge in [0.05, 0.1) is 47.6 Å². The molecule has 0 saturated carbocycles. The molecule has 3 aromatic rings. The van der Waals surface area contributed by atoms with Crippen LogP contribution in [0.1, 0.15) is 23.0 Å². The monoisotopic (exact) mass is 415 g/mol. The molecule has 29 heavy (non-hydrogen) atoms. The van der Waals surface area contributed by atoms with Crippen molar-refractivity contribution in [2.75, 3.05) is 30.9 Å². The number of nitrogens with zero attached hydrogens (tertiary/aromatic N) is 3. The first kappa shape index (κ1) is 19.5. The molecular formula is C20H23N4O4S+. The molecule has 0 amide bonds. The van der Waals surface area contributed by atoms with Crippen molar-refractivity contribution < 1.29 is 18.8 Å². The Morgan fingerprint density at radius 1 is 1.38 bits per heavy atom. The Balaban J connectivity index is 1.82. The third-order valence-corrected chi connectivity index (χ3v) is 5.75. The van der Waals surface area contributed by atoms with Crippen LogP contribution in [0.2, 0.25) is 0 Å². The number of carboxylic acid groups (broad SMARTS) is 1. The number of thiol groups is 1. The Morgan fingerprint density at radius 3 is 2.93 bits per heavy atom. The molecule has 0 aliphatic carbocycles. The summed E-state index contributed by atoms with van der Waals surface area (Å²) < 4.78 is 17.4. The number of morpholine rings is 1. The molecule has 1 saturated heterocycles. The van der Waals surface area contributed by atoms with E-state index < -0.39 is 16.8 Å². The second-order valence-corrected chi connectivity index (χ2v) is 8.78.